The second-order valence-corrected chi connectivity index (χ2v) is 5.90. The number of benzene rings is 2. The summed E-state index contributed by atoms with van der Waals surface area (Å²) >= 11 is 0. The van der Waals surface area contributed by atoms with Gasteiger partial charge in [0.05, 0.1) is 17.2 Å². The first kappa shape index (κ1) is 17.3. The molecule has 0 unspecified atom stereocenters. The van der Waals surface area contributed by atoms with Gasteiger partial charge in [-0.15, -0.1) is 0 Å². The summed E-state index contributed by atoms with van der Waals surface area (Å²) in [5.41, 5.74) is 1.53. The predicted molar refractivity (Wildman–Crippen MR) is 100 cm³/mol. The third-order valence-corrected chi connectivity index (χ3v) is 3.96. The SMILES string of the molecule is CC(=O)Nc1ccc(NC(=O)[C@H](C)n2cnc3ccccc3c2=O)cc1. The highest BCUT2D eigenvalue weighted by Gasteiger charge is 2.17. The van der Waals surface area contributed by atoms with Crippen LogP contribution in [-0.2, 0) is 9.59 Å². The van der Waals surface area contributed by atoms with Crippen LogP contribution in [0.4, 0.5) is 11.4 Å². The summed E-state index contributed by atoms with van der Waals surface area (Å²) < 4.78 is 1.31. The van der Waals surface area contributed by atoms with E-state index < -0.39 is 6.04 Å². The normalized spacial score (nSPS) is 11.8. The fourth-order valence-corrected chi connectivity index (χ4v) is 2.57. The smallest absolute Gasteiger partial charge is 0.261 e. The van der Waals surface area contributed by atoms with E-state index in [-0.39, 0.29) is 17.4 Å². The summed E-state index contributed by atoms with van der Waals surface area (Å²) in [7, 11) is 0. The van der Waals surface area contributed by atoms with Crippen LogP contribution in [-0.4, -0.2) is 21.4 Å². The molecule has 0 spiro atoms. The molecule has 1 atom stereocenters. The van der Waals surface area contributed by atoms with Crippen LogP contribution in [0.3, 0.4) is 0 Å². The molecule has 2 aromatic carbocycles. The molecule has 7 heteroatoms. The van der Waals surface area contributed by atoms with Gasteiger partial charge < -0.3 is 10.6 Å². The lowest BCUT2D eigenvalue weighted by Gasteiger charge is -2.15. The minimum Gasteiger partial charge on any atom is -0.326 e. The average molecular weight is 350 g/mol. The zero-order valence-corrected chi connectivity index (χ0v) is 14.4. The first-order valence-corrected chi connectivity index (χ1v) is 8.10. The van der Waals surface area contributed by atoms with Crippen LogP contribution >= 0.6 is 0 Å². The summed E-state index contributed by atoms with van der Waals surface area (Å²) in [5.74, 6) is -0.505. The Bertz CT molecular complexity index is 1020. The van der Waals surface area contributed by atoms with Crippen molar-refractivity contribution in [2.45, 2.75) is 19.9 Å². The third-order valence-electron chi connectivity index (χ3n) is 3.96. The molecule has 0 saturated carbocycles. The molecule has 0 aliphatic heterocycles. The summed E-state index contributed by atoms with van der Waals surface area (Å²) in [6, 6.07) is 13.0. The van der Waals surface area contributed by atoms with Gasteiger partial charge in [-0.1, -0.05) is 12.1 Å². The van der Waals surface area contributed by atoms with Crippen LogP contribution in [0.25, 0.3) is 10.9 Å². The number of anilines is 2. The van der Waals surface area contributed by atoms with Crippen molar-refractivity contribution in [2.24, 2.45) is 0 Å². The number of nitrogens with zero attached hydrogens (tertiary/aromatic N) is 2. The monoisotopic (exact) mass is 350 g/mol. The Labute approximate surface area is 149 Å². The van der Waals surface area contributed by atoms with Gasteiger partial charge in [0.25, 0.3) is 5.56 Å². The van der Waals surface area contributed by atoms with Crippen LogP contribution < -0.4 is 16.2 Å². The molecular formula is C19H18N4O3. The maximum absolute atomic E-state index is 12.6. The fourth-order valence-electron chi connectivity index (χ4n) is 2.57. The Hall–Kier alpha value is -3.48. The minimum absolute atomic E-state index is 0.168. The Morgan fingerprint density at radius 2 is 1.62 bits per heavy atom. The molecule has 1 heterocycles. The van der Waals surface area contributed by atoms with E-state index in [9.17, 15) is 14.4 Å². The molecule has 0 bridgehead atoms. The molecule has 0 aliphatic carbocycles. The molecule has 0 radical (unpaired) electrons. The van der Waals surface area contributed by atoms with Crippen molar-refractivity contribution in [3.8, 4) is 0 Å². The van der Waals surface area contributed by atoms with E-state index in [1.165, 1.54) is 17.8 Å². The molecule has 2 N–H and O–H groups in total. The number of rotatable bonds is 4. The Morgan fingerprint density at radius 1 is 1.00 bits per heavy atom. The van der Waals surface area contributed by atoms with E-state index >= 15 is 0 Å². The van der Waals surface area contributed by atoms with Crippen LogP contribution in [0.1, 0.15) is 19.9 Å². The quantitative estimate of drug-likeness (QED) is 0.756. The molecule has 2 amide bonds. The van der Waals surface area contributed by atoms with E-state index in [2.05, 4.69) is 15.6 Å². The van der Waals surface area contributed by atoms with E-state index in [1.54, 1.807) is 55.5 Å². The average Bonchev–Trinajstić information content (AvgIpc) is 2.63. The molecule has 0 saturated heterocycles. The Morgan fingerprint density at radius 3 is 2.27 bits per heavy atom. The number of hydrogen-bond donors (Lipinski definition) is 2. The number of carbonyl (C=O) groups is 2. The van der Waals surface area contributed by atoms with Crippen molar-refractivity contribution >= 4 is 34.1 Å². The number of aromatic nitrogens is 2. The standard InChI is InChI=1S/C19H18N4O3/c1-12(23-11-20-17-6-4-3-5-16(17)19(23)26)18(25)22-15-9-7-14(8-10-15)21-13(2)24/h3-12H,1-2H3,(H,21,24)(H,22,25)/t12-/m0/s1. The second kappa shape index (κ2) is 7.18. The van der Waals surface area contributed by atoms with Gasteiger partial charge in [0, 0.05) is 18.3 Å². The maximum Gasteiger partial charge on any atom is 0.261 e. The lowest BCUT2D eigenvalue weighted by atomic mass is 10.2. The van der Waals surface area contributed by atoms with Crippen molar-refractivity contribution in [3.63, 3.8) is 0 Å². The number of carbonyl (C=O) groups excluding carboxylic acids is 2. The summed E-state index contributed by atoms with van der Waals surface area (Å²) in [6.45, 7) is 3.06. The molecule has 7 nitrogen and oxygen atoms in total. The Kier molecular flexibility index (Phi) is 4.79. The van der Waals surface area contributed by atoms with Crippen molar-refractivity contribution < 1.29 is 9.59 Å². The van der Waals surface area contributed by atoms with E-state index in [0.717, 1.165) is 0 Å². The molecule has 1 aromatic heterocycles. The molecular weight excluding hydrogens is 332 g/mol. The van der Waals surface area contributed by atoms with E-state index in [0.29, 0.717) is 22.3 Å². The first-order chi connectivity index (χ1) is 12.5. The maximum atomic E-state index is 12.6. The Balaban J connectivity index is 1.79. The van der Waals surface area contributed by atoms with Gasteiger partial charge in [-0.3, -0.25) is 19.0 Å². The van der Waals surface area contributed by atoms with Crippen LogP contribution in [0, 0.1) is 0 Å². The number of hydrogen-bond acceptors (Lipinski definition) is 4. The minimum atomic E-state index is -0.727. The molecule has 3 rings (SSSR count). The molecule has 26 heavy (non-hydrogen) atoms. The van der Waals surface area contributed by atoms with Gasteiger partial charge in [-0.25, -0.2) is 4.98 Å². The first-order valence-electron chi connectivity index (χ1n) is 8.10. The van der Waals surface area contributed by atoms with Crippen LogP contribution in [0.5, 0.6) is 0 Å². The van der Waals surface area contributed by atoms with Crippen LogP contribution in [0.2, 0.25) is 0 Å². The summed E-state index contributed by atoms with van der Waals surface area (Å²) in [5, 5.41) is 5.88. The zero-order chi connectivity index (χ0) is 18.7. The van der Waals surface area contributed by atoms with Gasteiger partial charge in [-0.05, 0) is 43.3 Å². The van der Waals surface area contributed by atoms with Crippen molar-refractivity contribution in [1.82, 2.24) is 9.55 Å². The van der Waals surface area contributed by atoms with Crippen molar-refractivity contribution in [2.75, 3.05) is 10.6 Å². The van der Waals surface area contributed by atoms with Gasteiger partial charge in [-0.2, -0.15) is 0 Å². The van der Waals surface area contributed by atoms with Gasteiger partial charge in [0.1, 0.15) is 6.04 Å². The van der Waals surface area contributed by atoms with E-state index in [1.807, 2.05) is 0 Å². The summed E-state index contributed by atoms with van der Waals surface area (Å²) in [4.78, 5) is 40.3. The zero-order valence-electron chi connectivity index (χ0n) is 14.4. The highest BCUT2D eigenvalue weighted by atomic mass is 16.2. The van der Waals surface area contributed by atoms with E-state index in [4.69, 9.17) is 0 Å². The molecule has 0 fully saturated rings. The topological polar surface area (TPSA) is 93.1 Å². The predicted octanol–water partition coefficient (Wildman–Crippen LogP) is 2.55. The lowest BCUT2D eigenvalue weighted by molar-refractivity contribution is -0.119. The number of fused-ring (bicyclic) bond motifs is 1. The third kappa shape index (κ3) is 3.61. The largest absolute Gasteiger partial charge is 0.326 e. The number of para-hydroxylation sites is 1. The number of nitrogens with one attached hydrogen (secondary N) is 2. The lowest BCUT2D eigenvalue weighted by Crippen LogP contribution is -2.31. The summed E-state index contributed by atoms with van der Waals surface area (Å²) in [6.07, 6.45) is 1.38. The number of amides is 2. The highest BCUT2D eigenvalue weighted by Crippen LogP contribution is 2.16. The van der Waals surface area contributed by atoms with Gasteiger partial charge >= 0.3 is 0 Å². The highest BCUT2D eigenvalue weighted by molar-refractivity contribution is 5.94. The van der Waals surface area contributed by atoms with Crippen molar-refractivity contribution in [3.05, 3.63) is 65.2 Å². The van der Waals surface area contributed by atoms with Gasteiger partial charge in [0.2, 0.25) is 11.8 Å². The molecule has 0 aliphatic rings. The molecule has 3 aromatic rings. The van der Waals surface area contributed by atoms with Gasteiger partial charge in [0.15, 0.2) is 0 Å². The molecule has 132 valence electrons. The second-order valence-electron chi connectivity index (χ2n) is 5.90. The fraction of sp³-hybridized carbons (Fsp3) is 0.158. The van der Waals surface area contributed by atoms with Crippen molar-refractivity contribution in [1.29, 1.82) is 0 Å². The van der Waals surface area contributed by atoms with Crippen LogP contribution in [0.15, 0.2) is 59.7 Å².